The minimum Gasteiger partial charge on any atom is -0.493 e. The van der Waals surface area contributed by atoms with Gasteiger partial charge in [-0.25, -0.2) is 9.18 Å². The van der Waals surface area contributed by atoms with Crippen molar-refractivity contribution in [2.75, 3.05) is 26.1 Å². The molecular weight excluding hydrogens is 381 g/mol. The molecule has 0 aliphatic carbocycles. The summed E-state index contributed by atoms with van der Waals surface area (Å²) >= 11 is 5.81. The van der Waals surface area contributed by atoms with E-state index in [1.54, 1.807) is 0 Å². The van der Waals surface area contributed by atoms with Crippen LogP contribution in [0.2, 0.25) is 5.02 Å². The van der Waals surface area contributed by atoms with Gasteiger partial charge in [-0.15, -0.1) is 0 Å². The van der Waals surface area contributed by atoms with Crippen LogP contribution in [0.5, 0.6) is 11.5 Å². The highest BCUT2D eigenvalue weighted by Gasteiger charge is 2.23. The van der Waals surface area contributed by atoms with Crippen molar-refractivity contribution in [2.45, 2.75) is 0 Å². The summed E-state index contributed by atoms with van der Waals surface area (Å²) in [6, 6.07) is 6.24. The molecule has 0 heterocycles. The second-order valence-electron chi connectivity index (χ2n) is 5.13. The molecule has 0 unspecified atom stereocenters. The van der Waals surface area contributed by atoms with Gasteiger partial charge >= 0.3 is 5.97 Å². The summed E-state index contributed by atoms with van der Waals surface area (Å²) in [5.74, 6) is -1.98. The maximum Gasteiger partial charge on any atom is 0.343 e. The van der Waals surface area contributed by atoms with E-state index in [9.17, 15) is 18.8 Å². The number of halogens is 2. The van der Waals surface area contributed by atoms with E-state index in [0.29, 0.717) is 6.29 Å². The van der Waals surface area contributed by atoms with Gasteiger partial charge in [0.05, 0.1) is 24.9 Å². The molecule has 2 rings (SSSR count). The number of methoxy groups -OCH3 is 2. The van der Waals surface area contributed by atoms with Gasteiger partial charge in [0.2, 0.25) is 0 Å². The molecule has 0 aliphatic rings. The summed E-state index contributed by atoms with van der Waals surface area (Å²) in [6.07, 6.45) is 0.455. The number of amides is 1. The van der Waals surface area contributed by atoms with Gasteiger partial charge < -0.3 is 19.5 Å². The van der Waals surface area contributed by atoms with Crippen LogP contribution in [-0.2, 0) is 9.53 Å². The molecule has 2 aromatic carbocycles. The number of benzene rings is 2. The number of esters is 1. The highest BCUT2D eigenvalue weighted by molar-refractivity contribution is 6.33. The zero-order valence-electron chi connectivity index (χ0n) is 14.4. The Hall–Kier alpha value is -3.13. The van der Waals surface area contributed by atoms with Gasteiger partial charge in [0.25, 0.3) is 5.91 Å². The highest BCUT2D eigenvalue weighted by atomic mass is 35.5. The molecule has 0 radical (unpaired) electrons. The Morgan fingerprint density at radius 3 is 2.52 bits per heavy atom. The number of rotatable bonds is 7. The normalized spacial score (nSPS) is 10.1. The number of hydrogen-bond acceptors (Lipinski definition) is 6. The van der Waals surface area contributed by atoms with Crippen molar-refractivity contribution in [1.29, 1.82) is 0 Å². The minimum absolute atomic E-state index is 0.00705. The Kier molecular flexibility index (Phi) is 6.73. The van der Waals surface area contributed by atoms with Gasteiger partial charge in [-0.1, -0.05) is 11.6 Å². The van der Waals surface area contributed by atoms with Crippen molar-refractivity contribution < 1.29 is 33.0 Å². The summed E-state index contributed by atoms with van der Waals surface area (Å²) in [4.78, 5) is 35.5. The smallest absolute Gasteiger partial charge is 0.343 e. The average Bonchev–Trinajstić information content (AvgIpc) is 2.66. The number of carbonyl (C=O) groups excluding carboxylic acids is 3. The minimum atomic E-state index is -0.951. The van der Waals surface area contributed by atoms with Gasteiger partial charge in [0.1, 0.15) is 11.4 Å². The first kappa shape index (κ1) is 20.2. The fourth-order valence-electron chi connectivity index (χ4n) is 2.23. The Labute approximate surface area is 159 Å². The van der Waals surface area contributed by atoms with Gasteiger partial charge in [0.15, 0.2) is 24.4 Å². The van der Waals surface area contributed by atoms with Crippen molar-refractivity contribution in [2.24, 2.45) is 0 Å². The van der Waals surface area contributed by atoms with Gasteiger partial charge in [-0.2, -0.15) is 0 Å². The molecule has 0 atom stereocenters. The SMILES string of the molecule is COc1ccc(C=O)c(C(=O)OCC(=O)Nc2ccc(F)cc2Cl)c1OC. The van der Waals surface area contributed by atoms with E-state index < -0.39 is 24.3 Å². The predicted octanol–water partition coefficient (Wildman–Crippen LogP) is 3.10. The number of anilines is 1. The lowest BCUT2D eigenvalue weighted by Gasteiger charge is -2.14. The third kappa shape index (κ3) is 4.73. The lowest BCUT2D eigenvalue weighted by Crippen LogP contribution is -2.22. The quantitative estimate of drug-likeness (QED) is 0.572. The second kappa shape index (κ2) is 9.00. The van der Waals surface area contributed by atoms with E-state index in [1.807, 2.05) is 0 Å². The molecule has 0 aromatic heterocycles. The lowest BCUT2D eigenvalue weighted by atomic mass is 10.1. The largest absolute Gasteiger partial charge is 0.493 e. The van der Waals surface area contributed by atoms with Crippen LogP contribution in [0.25, 0.3) is 0 Å². The third-order valence-corrected chi connectivity index (χ3v) is 3.76. The molecule has 1 N–H and O–H groups in total. The summed E-state index contributed by atoms with van der Waals surface area (Å²) in [6.45, 7) is -0.662. The van der Waals surface area contributed by atoms with Crippen molar-refractivity contribution >= 4 is 35.5 Å². The fraction of sp³-hybridized carbons (Fsp3) is 0.167. The first-order chi connectivity index (χ1) is 12.9. The molecule has 0 aliphatic heterocycles. The number of hydrogen-bond donors (Lipinski definition) is 1. The Bertz CT molecular complexity index is 886. The van der Waals surface area contributed by atoms with Crippen LogP contribution in [-0.4, -0.2) is 39.0 Å². The molecule has 0 saturated carbocycles. The molecule has 27 heavy (non-hydrogen) atoms. The number of nitrogens with one attached hydrogen (secondary N) is 1. The molecule has 9 heteroatoms. The standard InChI is InChI=1S/C18H15ClFNO6/c1-25-14-6-3-10(8-22)16(17(14)26-2)18(24)27-9-15(23)21-13-5-4-11(20)7-12(13)19/h3-8H,9H2,1-2H3,(H,21,23). The van der Waals surface area contributed by atoms with Crippen molar-refractivity contribution in [3.8, 4) is 11.5 Å². The second-order valence-corrected chi connectivity index (χ2v) is 5.54. The van der Waals surface area contributed by atoms with Crippen molar-refractivity contribution in [3.05, 3.63) is 52.3 Å². The van der Waals surface area contributed by atoms with Gasteiger partial charge in [-0.05, 0) is 30.3 Å². The summed E-state index contributed by atoms with van der Waals surface area (Å²) < 4.78 is 28.2. The van der Waals surface area contributed by atoms with Crippen LogP contribution in [0.1, 0.15) is 20.7 Å². The molecule has 1 amide bonds. The average molecular weight is 396 g/mol. The molecule has 2 aromatic rings. The lowest BCUT2D eigenvalue weighted by molar-refractivity contribution is -0.119. The monoisotopic (exact) mass is 395 g/mol. The first-order valence-corrected chi connectivity index (χ1v) is 7.91. The fourth-order valence-corrected chi connectivity index (χ4v) is 2.45. The molecule has 142 valence electrons. The number of ether oxygens (including phenoxy) is 3. The molecule has 7 nitrogen and oxygen atoms in total. The van der Waals surface area contributed by atoms with Crippen LogP contribution >= 0.6 is 11.6 Å². The van der Waals surface area contributed by atoms with Crippen LogP contribution in [0.4, 0.5) is 10.1 Å². The van der Waals surface area contributed by atoms with E-state index >= 15 is 0 Å². The number of carbonyl (C=O) groups is 3. The summed E-state index contributed by atoms with van der Waals surface area (Å²) in [5, 5.41) is 2.38. The predicted molar refractivity (Wildman–Crippen MR) is 95.3 cm³/mol. The summed E-state index contributed by atoms with van der Waals surface area (Å²) in [5.41, 5.74) is 0.00533. The van der Waals surface area contributed by atoms with Crippen LogP contribution in [0.3, 0.4) is 0 Å². The number of aldehydes is 1. The van der Waals surface area contributed by atoms with Crippen LogP contribution in [0, 0.1) is 5.82 Å². The van der Waals surface area contributed by atoms with Crippen molar-refractivity contribution in [1.82, 2.24) is 0 Å². The molecule has 0 saturated heterocycles. The van der Waals surface area contributed by atoms with Crippen LogP contribution < -0.4 is 14.8 Å². The van der Waals surface area contributed by atoms with E-state index in [0.717, 1.165) is 12.1 Å². The van der Waals surface area contributed by atoms with Gasteiger partial charge in [-0.3, -0.25) is 9.59 Å². The topological polar surface area (TPSA) is 90.9 Å². The molecular formula is C18H15ClFNO6. The van der Waals surface area contributed by atoms with Crippen LogP contribution in [0.15, 0.2) is 30.3 Å². The Morgan fingerprint density at radius 2 is 1.93 bits per heavy atom. The zero-order valence-corrected chi connectivity index (χ0v) is 15.1. The molecule has 0 bridgehead atoms. The van der Waals surface area contributed by atoms with E-state index in [-0.39, 0.29) is 33.3 Å². The zero-order chi connectivity index (χ0) is 20.0. The third-order valence-electron chi connectivity index (χ3n) is 3.45. The molecule has 0 fully saturated rings. The Balaban J connectivity index is 2.13. The molecule has 0 spiro atoms. The first-order valence-electron chi connectivity index (χ1n) is 7.53. The van der Waals surface area contributed by atoms with Crippen molar-refractivity contribution in [3.63, 3.8) is 0 Å². The van der Waals surface area contributed by atoms with E-state index in [4.69, 9.17) is 25.8 Å². The van der Waals surface area contributed by atoms with Gasteiger partial charge in [0, 0.05) is 5.56 Å². The maximum absolute atomic E-state index is 13.0. The van der Waals surface area contributed by atoms with E-state index in [2.05, 4.69) is 5.32 Å². The maximum atomic E-state index is 13.0. The van der Waals surface area contributed by atoms with E-state index in [1.165, 1.54) is 32.4 Å². The summed E-state index contributed by atoms with van der Waals surface area (Å²) in [7, 11) is 2.67. The highest BCUT2D eigenvalue weighted by Crippen LogP contribution is 2.33. The Morgan fingerprint density at radius 1 is 1.19 bits per heavy atom.